The molecule has 1 aliphatic rings. The summed E-state index contributed by atoms with van der Waals surface area (Å²) in [6.45, 7) is 4.05. The lowest BCUT2D eigenvalue weighted by molar-refractivity contribution is -0.136. The zero-order chi connectivity index (χ0) is 16.2. The largest absolute Gasteiger partial charge is 0.368 e. The summed E-state index contributed by atoms with van der Waals surface area (Å²) in [7, 11) is 1.57. The number of likely N-dealkylation sites (N-methyl/N-ethyl adjacent to an activating group) is 1. The predicted octanol–water partition coefficient (Wildman–Crippen LogP) is 1.62. The van der Waals surface area contributed by atoms with Crippen LogP contribution in [0.3, 0.4) is 0 Å². The first-order chi connectivity index (χ1) is 10.5. The van der Waals surface area contributed by atoms with Crippen molar-refractivity contribution in [1.82, 2.24) is 10.6 Å². The van der Waals surface area contributed by atoms with Crippen molar-refractivity contribution in [2.24, 2.45) is 5.92 Å². The van der Waals surface area contributed by atoms with Crippen LogP contribution < -0.4 is 10.6 Å². The highest BCUT2D eigenvalue weighted by molar-refractivity contribution is 5.89. The molecule has 0 radical (unpaired) electrons. The number of rotatable bonds is 7. The van der Waals surface area contributed by atoms with Crippen LogP contribution in [0.1, 0.15) is 32.3 Å². The molecule has 5 nitrogen and oxygen atoms in total. The molecule has 0 heterocycles. The Morgan fingerprint density at radius 2 is 1.82 bits per heavy atom. The summed E-state index contributed by atoms with van der Waals surface area (Å²) in [5.41, 5.74) is 0.472. The van der Waals surface area contributed by atoms with Gasteiger partial charge in [0.1, 0.15) is 6.04 Å². The van der Waals surface area contributed by atoms with E-state index in [0.29, 0.717) is 6.61 Å². The number of carbonyl (C=O) groups is 2. The van der Waals surface area contributed by atoms with Crippen molar-refractivity contribution in [3.8, 4) is 0 Å². The summed E-state index contributed by atoms with van der Waals surface area (Å²) in [5.74, 6) is -0.514. The number of hydrogen-bond donors (Lipinski definition) is 2. The first-order valence-electron chi connectivity index (χ1n) is 7.68. The standard InChI is InChI=1S/C17H24N2O3/c1-12(2)15(20)19-14(16(21)18-3)17(9-10-17)22-11-13-7-5-4-6-8-13/h4-8,12,14H,9-11H2,1-3H3,(H,18,21)(H,19,20). The molecule has 22 heavy (non-hydrogen) atoms. The van der Waals surface area contributed by atoms with Gasteiger partial charge in [-0.25, -0.2) is 0 Å². The number of carbonyl (C=O) groups excluding carboxylic acids is 2. The van der Waals surface area contributed by atoms with Gasteiger partial charge in [-0.2, -0.15) is 0 Å². The Balaban J connectivity index is 2.05. The summed E-state index contributed by atoms with van der Waals surface area (Å²) in [6, 6.07) is 9.18. The second-order valence-corrected chi connectivity index (χ2v) is 6.05. The fraction of sp³-hybridized carbons (Fsp3) is 0.529. The molecule has 0 aliphatic heterocycles. The van der Waals surface area contributed by atoms with Gasteiger partial charge in [0.05, 0.1) is 12.2 Å². The van der Waals surface area contributed by atoms with Crippen molar-refractivity contribution >= 4 is 11.8 Å². The third-order valence-corrected chi connectivity index (χ3v) is 3.96. The van der Waals surface area contributed by atoms with E-state index < -0.39 is 11.6 Å². The zero-order valence-corrected chi connectivity index (χ0v) is 13.4. The van der Waals surface area contributed by atoms with Gasteiger partial charge < -0.3 is 15.4 Å². The number of nitrogens with one attached hydrogen (secondary N) is 2. The summed E-state index contributed by atoms with van der Waals surface area (Å²) in [4.78, 5) is 24.1. The van der Waals surface area contributed by atoms with E-state index >= 15 is 0 Å². The van der Waals surface area contributed by atoms with Gasteiger partial charge in [0.2, 0.25) is 11.8 Å². The van der Waals surface area contributed by atoms with Gasteiger partial charge >= 0.3 is 0 Å². The van der Waals surface area contributed by atoms with E-state index in [1.54, 1.807) is 20.9 Å². The van der Waals surface area contributed by atoms with E-state index in [1.807, 2.05) is 30.3 Å². The fourth-order valence-electron chi connectivity index (χ4n) is 2.33. The Labute approximate surface area is 131 Å². The molecule has 0 saturated heterocycles. The lowest BCUT2D eigenvalue weighted by Crippen LogP contribution is -2.55. The number of benzene rings is 1. The molecule has 1 unspecified atom stereocenters. The van der Waals surface area contributed by atoms with E-state index in [0.717, 1.165) is 18.4 Å². The highest BCUT2D eigenvalue weighted by Crippen LogP contribution is 2.43. The topological polar surface area (TPSA) is 67.4 Å². The van der Waals surface area contributed by atoms with Crippen molar-refractivity contribution in [2.75, 3.05) is 7.05 Å². The molecule has 1 fully saturated rings. The molecule has 2 amide bonds. The maximum Gasteiger partial charge on any atom is 0.245 e. The van der Waals surface area contributed by atoms with Gasteiger partial charge in [-0.1, -0.05) is 44.2 Å². The third-order valence-electron chi connectivity index (χ3n) is 3.96. The number of amides is 2. The van der Waals surface area contributed by atoms with Gasteiger partial charge in [0, 0.05) is 13.0 Å². The molecule has 2 N–H and O–H groups in total. The van der Waals surface area contributed by atoms with Gasteiger partial charge in [0.25, 0.3) is 0 Å². The lowest BCUT2D eigenvalue weighted by atomic mass is 10.1. The summed E-state index contributed by atoms with van der Waals surface area (Å²) < 4.78 is 6.02. The van der Waals surface area contributed by atoms with Gasteiger partial charge in [-0.3, -0.25) is 9.59 Å². The minimum absolute atomic E-state index is 0.136. The molecule has 5 heteroatoms. The molecule has 1 saturated carbocycles. The molecule has 0 aromatic heterocycles. The van der Waals surface area contributed by atoms with Crippen molar-refractivity contribution in [3.05, 3.63) is 35.9 Å². The van der Waals surface area contributed by atoms with Gasteiger partial charge in [-0.05, 0) is 18.4 Å². The van der Waals surface area contributed by atoms with Crippen LogP contribution in [0.4, 0.5) is 0 Å². The van der Waals surface area contributed by atoms with Crippen LogP contribution in [0.15, 0.2) is 30.3 Å². The van der Waals surface area contributed by atoms with Crippen molar-refractivity contribution in [2.45, 2.75) is 44.9 Å². The van der Waals surface area contributed by atoms with E-state index in [1.165, 1.54) is 0 Å². The van der Waals surface area contributed by atoms with E-state index in [2.05, 4.69) is 10.6 Å². The van der Waals surface area contributed by atoms with Crippen molar-refractivity contribution in [3.63, 3.8) is 0 Å². The third kappa shape index (κ3) is 3.85. The second kappa shape index (κ2) is 6.92. The van der Waals surface area contributed by atoms with Crippen LogP contribution in [-0.2, 0) is 20.9 Å². The Morgan fingerprint density at radius 1 is 1.18 bits per heavy atom. The van der Waals surface area contributed by atoms with Crippen molar-refractivity contribution in [1.29, 1.82) is 0 Å². The van der Waals surface area contributed by atoms with E-state index in [4.69, 9.17) is 4.74 Å². The number of ether oxygens (including phenoxy) is 1. The quantitative estimate of drug-likeness (QED) is 0.804. The minimum atomic E-state index is -0.642. The molecule has 0 spiro atoms. The second-order valence-electron chi connectivity index (χ2n) is 6.05. The molecule has 1 aromatic rings. The Kier molecular flexibility index (Phi) is 5.19. The maximum absolute atomic E-state index is 12.2. The van der Waals surface area contributed by atoms with Crippen LogP contribution >= 0.6 is 0 Å². The summed E-state index contributed by atoms with van der Waals surface area (Å²) in [5, 5.41) is 5.45. The SMILES string of the molecule is CNC(=O)C(NC(=O)C(C)C)C1(OCc2ccccc2)CC1. The lowest BCUT2D eigenvalue weighted by Gasteiger charge is -2.27. The molecular weight excluding hydrogens is 280 g/mol. The average molecular weight is 304 g/mol. The molecule has 1 atom stereocenters. The van der Waals surface area contributed by atoms with Crippen LogP contribution in [0, 0.1) is 5.92 Å². The van der Waals surface area contributed by atoms with Crippen LogP contribution in [0.2, 0.25) is 0 Å². The Bertz CT molecular complexity index is 524. The highest BCUT2D eigenvalue weighted by Gasteiger charge is 2.54. The average Bonchev–Trinajstić information content (AvgIpc) is 3.31. The highest BCUT2D eigenvalue weighted by atomic mass is 16.5. The van der Waals surface area contributed by atoms with Crippen LogP contribution in [0.5, 0.6) is 0 Å². The summed E-state index contributed by atoms with van der Waals surface area (Å²) in [6.07, 6.45) is 1.55. The fourth-order valence-corrected chi connectivity index (χ4v) is 2.33. The number of hydrogen-bond acceptors (Lipinski definition) is 3. The minimum Gasteiger partial charge on any atom is -0.368 e. The predicted molar refractivity (Wildman–Crippen MR) is 84.0 cm³/mol. The first kappa shape index (κ1) is 16.5. The van der Waals surface area contributed by atoms with Gasteiger partial charge in [0.15, 0.2) is 0 Å². The van der Waals surface area contributed by atoms with E-state index in [-0.39, 0.29) is 17.7 Å². The zero-order valence-electron chi connectivity index (χ0n) is 13.4. The van der Waals surface area contributed by atoms with Crippen LogP contribution in [0.25, 0.3) is 0 Å². The molecule has 0 bridgehead atoms. The normalized spacial score (nSPS) is 16.9. The van der Waals surface area contributed by atoms with Gasteiger partial charge in [-0.15, -0.1) is 0 Å². The molecule has 120 valence electrons. The van der Waals surface area contributed by atoms with Crippen LogP contribution in [-0.4, -0.2) is 30.5 Å². The molecule has 1 aromatic carbocycles. The van der Waals surface area contributed by atoms with Crippen molar-refractivity contribution < 1.29 is 14.3 Å². The molecular formula is C17H24N2O3. The molecule has 1 aliphatic carbocycles. The monoisotopic (exact) mass is 304 g/mol. The summed E-state index contributed by atoms with van der Waals surface area (Å²) >= 11 is 0. The van der Waals surface area contributed by atoms with E-state index in [9.17, 15) is 9.59 Å². The first-order valence-corrected chi connectivity index (χ1v) is 7.68. The smallest absolute Gasteiger partial charge is 0.245 e. The Hall–Kier alpha value is -1.88. The Morgan fingerprint density at radius 3 is 2.32 bits per heavy atom. The maximum atomic E-state index is 12.2. The molecule has 2 rings (SSSR count).